The van der Waals surface area contributed by atoms with Crippen LogP contribution in [-0.4, -0.2) is 62.7 Å². The van der Waals surface area contributed by atoms with Gasteiger partial charge in [-0.15, -0.1) is 0 Å². The number of nitrogens with two attached hydrogens (primary N) is 1. The molecule has 0 unspecified atom stereocenters. The molecule has 0 spiro atoms. The Morgan fingerprint density at radius 1 is 1.17 bits per heavy atom. The molecule has 0 radical (unpaired) electrons. The van der Waals surface area contributed by atoms with Crippen LogP contribution in [-0.2, 0) is 4.79 Å². The molecule has 1 saturated heterocycles. The van der Waals surface area contributed by atoms with Crippen molar-refractivity contribution in [3.8, 4) is 5.75 Å². The predicted molar refractivity (Wildman–Crippen MR) is 123 cm³/mol. The first-order chi connectivity index (χ1) is 14.7. The van der Waals surface area contributed by atoms with E-state index in [1.165, 1.54) is 31.5 Å². The first kappa shape index (κ1) is 22.9. The Kier molecular flexibility index (Phi) is 9.27. The third-order valence-corrected chi connectivity index (χ3v) is 6.54. The normalized spacial score (nSPS) is 22.7. The highest BCUT2D eigenvalue weighted by Gasteiger charge is 2.24. The maximum Gasteiger partial charge on any atom is 0.220 e. The first-order valence-corrected chi connectivity index (χ1v) is 11.9. The van der Waals surface area contributed by atoms with E-state index in [2.05, 4.69) is 33.3 Å². The molecule has 1 saturated carbocycles. The van der Waals surface area contributed by atoms with Crippen molar-refractivity contribution in [2.75, 3.05) is 50.8 Å². The monoisotopic (exact) mass is 416 g/mol. The fourth-order valence-corrected chi connectivity index (χ4v) is 4.69. The van der Waals surface area contributed by atoms with Gasteiger partial charge in [0.1, 0.15) is 5.75 Å². The molecule has 2 aliphatic rings. The Balaban J connectivity index is 1.32. The maximum atomic E-state index is 11.9. The van der Waals surface area contributed by atoms with Crippen LogP contribution in [0.1, 0.15) is 51.9 Å². The van der Waals surface area contributed by atoms with Crippen molar-refractivity contribution in [3.05, 3.63) is 24.3 Å². The zero-order valence-corrected chi connectivity index (χ0v) is 18.7. The second-order valence-electron chi connectivity index (χ2n) is 8.73. The molecule has 0 bridgehead atoms. The average molecular weight is 417 g/mol. The minimum Gasteiger partial charge on any atom is -0.494 e. The molecule has 1 aliphatic heterocycles. The zero-order chi connectivity index (χ0) is 21.2. The zero-order valence-electron chi connectivity index (χ0n) is 18.7. The van der Waals surface area contributed by atoms with Gasteiger partial charge in [0.25, 0.3) is 0 Å². The summed E-state index contributed by atoms with van der Waals surface area (Å²) in [5.41, 5.74) is 6.76. The number of carbonyl (C=O) groups is 1. The molecule has 1 aromatic rings. The lowest BCUT2D eigenvalue weighted by molar-refractivity contribution is -0.122. The standard InChI is InChI=1S/C24H40N4O2/c1-2-30-23-6-3-5-22(19-23)28-17-15-27(16-18-28)14-12-20-8-10-21(11-9-20)26-24(29)7-4-13-25/h3,5-6,19-21H,2,4,7-18,25H2,1H3,(H,26,29). The highest BCUT2D eigenvalue weighted by molar-refractivity contribution is 5.76. The van der Waals surface area contributed by atoms with Crippen molar-refractivity contribution in [2.45, 2.75) is 57.9 Å². The van der Waals surface area contributed by atoms with Crippen LogP contribution in [0.25, 0.3) is 0 Å². The lowest BCUT2D eigenvalue weighted by atomic mass is 9.84. The van der Waals surface area contributed by atoms with Crippen LogP contribution in [0.3, 0.4) is 0 Å². The molecule has 168 valence electrons. The lowest BCUT2D eigenvalue weighted by Crippen LogP contribution is -2.47. The molecule has 1 amide bonds. The molecule has 0 atom stereocenters. The third kappa shape index (κ3) is 7.17. The molecule has 1 aliphatic carbocycles. The van der Waals surface area contributed by atoms with Gasteiger partial charge < -0.3 is 20.7 Å². The van der Waals surface area contributed by atoms with Gasteiger partial charge in [-0.1, -0.05) is 6.07 Å². The molecule has 0 aromatic heterocycles. The van der Waals surface area contributed by atoms with Crippen molar-refractivity contribution >= 4 is 11.6 Å². The second kappa shape index (κ2) is 12.2. The molecular formula is C24H40N4O2. The smallest absolute Gasteiger partial charge is 0.220 e. The Morgan fingerprint density at radius 2 is 1.93 bits per heavy atom. The largest absolute Gasteiger partial charge is 0.494 e. The molecule has 1 aromatic carbocycles. The molecule has 2 fully saturated rings. The number of hydrogen-bond acceptors (Lipinski definition) is 5. The SMILES string of the molecule is CCOc1cccc(N2CCN(CCC3CCC(NC(=O)CCCN)CC3)CC2)c1. The van der Waals surface area contributed by atoms with Crippen LogP contribution in [0.15, 0.2) is 24.3 Å². The fourth-order valence-electron chi connectivity index (χ4n) is 4.69. The van der Waals surface area contributed by atoms with Gasteiger partial charge in [-0.25, -0.2) is 0 Å². The van der Waals surface area contributed by atoms with Crippen LogP contribution in [0.5, 0.6) is 5.75 Å². The minimum atomic E-state index is 0.175. The van der Waals surface area contributed by atoms with E-state index >= 15 is 0 Å². The van der Waals surface area contributed by atoms with Crippen LogP contribution in [0.4, 0.5) is 5.69 Å². The maximum absolute atomic E-state index is 11.9. The molecule has 6 nitrogen and oxygen atoms in total. The summed E-state index contributed by atoms with van der Waals surface area (Å²) in [4.78, 5) is 17.0. The van der Waals surface area contributed by atoms with Gasteiger partial charge in [-0.05, 0) is 76.6 Å². The van der Waals surface area contributed by atoms with E-state index in [-0.39, 0.29) is 5.91 Å². The van der Waals surface area contributed by atoms with Gasteiger partial charge in [0, 0.05) is 50.4 Å². The van der Waals surface area contributed by atoms with E-state index in [1.807, 2.05) is 13.0 Å². The summed E-state index contributed by atoms with van der Waals surface area (Å²) in [6.45, 7) is 8.95. The number of nitrogens with one attached hydrogen (secondary N) is 1. The topological polar surface area (TPSA) is 70.8 Å². The van der Waals surface area contributed by atoms with Gasteiger partial charge in [0.15, 0.2) is 0 Å². The number of amides is 1. The van der Waals surface area contributed by atoms with E-state index in [4.69, 9.17) is 10.5 Å². The quantitative estimate of drug-likeness (QED) is 0.614. The summed E-state index contributed by atoms with van der Waals surface area (Å²) in [5, 5.41) is 3.19. The fraction of sp³-hybridized carbons (Fsp3) is 0.708. The van der Waals surface area contributed by atoms with E-state index in [0.29, 0.717) is 25.6 Å². The average Bonchev–Trinajstić information content (AvgIpc) is 2.78. The minimum absolute atomic E-state index is 0.175. The summed E-state index contributed by atoms with van der Waals surface area (Å²) < 4.78 is 5.64. The number of piperazine rings is 1. The number of hydrogen-bond donors (Lipinski definition) is 2. The second-order valence-corrected chi connectivity index (χ2v) is 8.73. The molecule has 30 heavy (non-hydrogen) atoms. The summed E-state index contributed by atoms with van der Waals surface area (Å²) in [7, 11) is 0. The Morgan fingerprint density at radius 3 is 2.63 bits per heavy atom. The summed E-state index contributed by atoms with van der Waals surface area (Å²) in [6.07, 6.45) is 7.38. The van der Waals surface area contributed by atoms with Crippen molar-refractivity contribution in [1.82, 2.24) is 10.2 Å². The highest BCUT2D eigenvalue weighted by Crippen LogP contribution is 2.28. The molecular weight excluding hydrogens is 376 g/mol. The van der Waals surface area contributed by atoms with Crippen molar-refractivity contribution in [2.24, 2.45) is 11.7 Å². The van der Waals surface area contributed by atoms with Gasteiger partial charge >= 0.3 is 0 Å². The van der Waals surface area contributed by atoms with Crippen molar-refractivity contribution in [3.63, 3.8) is 0 Å². The van der Waals surface area contributed by atoms with Gasteiger partial charge in [-0.2, -0.15) is 0 Å². The number of carbonyl (C=O) groups excluding carboxylic acids is 1. The van der Waals surface area contributed by atoms with Crippen LogP contribution >= 0.6 is 0 Å². The molecule has 3 rings (SSSR count). The molecule has 1 heterocycles. The first-order valence-electron chi connectivity index (χ1n) is 11.9. The van der Waals surface area contributed by atoms with E-state index in [9.17, 15) is 4.79 Å². The van der Waals surface area contributed by atoms with Crippen LogP contribution in [0.2, 0.25) is 0 Å². The number of anilines is 1. The van der Waals surface area contributed by atoms with E-state index in [1.54, 1.807) is 0 Å². The van der Waals surface area contributed by atoms with Crippen molar-refractivity contribution in [1.29, 1.82) is 0 Å². The van der Waals surface area contributed by atoms with E-state index in [0.717, 1.165) is 57.1 Å². The highest BCUT2D eigenvalue weighted by atomic mass is 16.5. The van der Waals surface area contributed by atoms with Crippen LogP contribution in [0, 0.1) is 5.92 Å². The number of rotatable bonds is 10. The van der Waals surface area contributed by atoms with Gasteiger partial charge in [0.2, 0.25) is 5.91 Å². The molecule has 6 heteroatoms. The number of nitrogens with zero attached hydrogens (tertiary/aromatic N) is 2. The van der Waals surface area contributed by atoms with Crippen molar-refractivity contribution < 1.29 is 9.53 Å². The summed E-state index contributed by atoms with van der Waals surface area (Å²) in [5.74, 6) is 1.94. The lowest BCUT2D eigenvalue weighted by Gasteiger charge is -2.37. The Hall–Kier alpha value is -1.79. The van der Waals surface area contributed by atoms with E-state index < -0.39 is 0 Å². The Bertz CT molecular complexity index is 638. The molecule has 3 N–H and O–H groups in total. The Labute approximate surface area is 182 Å². The number of benzene rings is 1. The summed E-state index contributed by atoms with van der Waals surface area (Å²) in [6, 6.07) is 8.84. The van der Waals surface area contributed by atoms with Crippen LogP contribution < -0.4 is 20.7 Å². The number of ether oxygens (including phenoxy) is 1. The third-order valence-electron chi connectivity index (χ3n) is 6.54. The van der Waals surface area contributed by atoms with Gasteiger partial charge in [0.05, 0.1) is 6.61 Å². The predicted octanol–water partition coefficient (Wildman–Crippen LogP) is 3.01. The van der Waals surface area contributed by atoms with Gasteiger partial charge in [-0.3, -0.25) is 9.69 Å². The summed E-state index contributed by atoms with van der Waals surface area (Å²) >= 11 is 0.